The highest BCUT2D eigenvalue weighted by Crippen LogP contribution is 2.18. The maximum Gasteiger partial charge on any atom is 0.160 e. The van der Waals surface area contributed by atoms with Crippen LogP contribution in [0.15, 0.2) is 6.07 Å². The van der Waals surface area contributed by atoms with Crippen molar-refractivity contribution in [1.82, 2.24) is 14.6 Å². The minimum atomic E-state index is 0.775. The number of nitrogens with zero attached hydrogens (tertiary/aromatic N) is 3. The number of aryl methyl sites for hydroxylation is 3. The normalized spacial score (nSPS) is 11.2. The van der Waals surface area contributed by atoms with Gasteiger partial charge in [-0.05, 0) is 39.7 Å². The van der Waals surface area contributed by atoms with Crippen LogP contribution in [0, 0.1) is 13.8 Å². The summed E-state index contributed by atoms with van der Waals surface area (Å²) in [5, 5.41) is 8.06. The summed E-state index contributed by atoms with van der Waals surface area (Å²) in [5.74, 6) is 1.04. The topological polar surface area (TPSA) is 68.2 Å². The first-order chi connectivity index (χ1) is 9.67. The summed E-state index contributed by atoms with van der Waals surface area (Å²) in [6.45, 7) is 7.95. The first-order valence-corrected chi connectivity index (χ1v) is 7.47. The van der Waals surface area contributed by atoms with Crippen LogP contribution in [0.5, 0.6) is 0 Å². The lowest BCUT2D eigenvalue weighted by atomic mass is 10.2. The number of hydrogen-bond donors (Lipinski definition) is 2. The summed E-state index contributed by atoms with van der Waals surface area (Å²) in [6, 6.07) is 2.10. The van der Waals surface area contributed by atoms with Crippen molar-refractivity contribution in [1.29, 1.82) is 0 Å². The van der Waals surface area contributed by atoms with Crippen molar-refractivity contribution in [3.8, 4) is 0 Å². The number of rotatable bonds is 7. The quantitative estimate of drug-likeness (QED) is 0.762. The summed E-state index contributed by atoms with van der Waals surface area (Å²) in [5.41, 5.74) is 9.77. The fourth-order valence-electron chi connectivity index (χ4n) is 2.25. The molecule has 2 aromatic rings. The molecule has 0 fully saturated rings. The molecule has 110 valence electrons. The van der Waals surface area contributed by atoms with Crippen molar-refractivity contribution in [2.75, 3.05) is 18.4 Å². The number of nitrogens with two attached hydrogens (primary N) is 1. The molecule has 3 N–H and O–H groups in total. The lowest BCUT2D eigenvalue weighted by Gasteiger charge is -2.10. The Morgan fingerprint density at radius 3 is 2.75 bits per heavy atom. The van der Waals surface area contributed by atoms with Crippen molar-refractivity contribution in [3.63, 3.8) is 0 Å². The van der Waals surface area contributed by atoms with E-state index in [4.69, 9.17) is 5.73 Å². The van der Waals surface area contributed by atoms with Gasteiger partial charge in [-0.25, -0.2) is 4.98 Å². The smallest absolute Gasteiger partial charge is 0.160 e. The van der Waals surface area contributed by atoms with Crippen LogP contribution in [0.25, 0.3) is 5.65 Å². The predicted octanol–water partition coefficient (Wildman–Crippen LogP) is 2.45. The van der Waals surface area contributed by atoms with E-state index in [0.717, 1.165) is 67.2 Å². The Bertz CT molecular complexity index is 573. The third-order valence-corrected chi connectivity index (χ3v) is 3.66. The number of hydrogen-bond acceptors (Lipinski definition) is 4. The summed E-state index contributed by atoms with van der Waals surface area (Å²) in [6.07, 6.45) is 4.31. The van der Waals surface area contributed by atoms with E-state index in [0.29, 0.717) is 0 Å². The third-order valence-electron chi connectivity index (χ3n) is 3.66. The molecule has 0 atom stereocenters. The first-order valence-electron chi connectivity index (χ1n) is 7.47. The van der Waals surface area contributed by atoms with E-state index in [1.807, 2.05) is 11.4 Å². The van der Waals surface area contributed by atoms with E-state index in [1.54, 1.807) is 0 Å². The van der Waals surface area contributed by atoms with Gasteiger partial charge in [-0.1, -0.05) is 13.3 Å². The van der Waals surface area contributed by atoms with Crippen LogP contribution in [0.2, 0.25) is 0 Å². The van der Waals surface area contributed by atoms with Gasteiger partial charge in [0.05, 0.1) is 5.69 Å². The Hall–Kier alpha value is -1.62. The van der Waals surface area contributed by atoms with E-state index in [1.165, 1.54) is 0 Å². The molecule has 0 bridgehead atoms. The van der Waals surface area contributed by atoms with Gasteiger partial charge in [0.1, 0.15) is 5.82 Å². The monoisotopic (exact) mass is 275 g/mol. The van der Waals surface area contributed by atoms with Crippen molar-refractivity contribution in [3.05, 3.63) is 23.0 Å². The molecule has 0 unspecified atom stereocenters. The lowest BCUT2D eigenvalue weighted by molar-refractivity contribution is 0.704. The molecule has 0 aromatic carbocycles. The summed E-state index contributed by atoms with van der Waals surface area (Å²) >= 11 is 0. The molecule has 2 heterocycles. The molecule has 5 nitrogen and oxygen atoms in total. The van der Waals surface area contributed by atoms with E-state index in [-0.39, 0.29) is 0 Å². The van der Waals surface area contributed by atoms with Crippen LogP contribution in [0.4, 0.5) is 5.82 Å². The Labute approximate surface area is 120 Å². The molecule has 0 saturated heterocycles. The number of nitrogens with one attached hydrogen (secondary N) is 1. The number of aromatic nitrogens is 3. The molecule has 0 amide bonds. The van der Waals surface area contributed by atoms with Crippen LogP contribution in [0.1, 0.15) is 43.1 Å². The van der Waals surface area contributed by atoms with Gasteiger partial charge in [0.25, 0.3) is 0 Å². The molecule has 20 heavy (non-hydrogen) atoms. The van der Waals surface area contributed by atoms with Gasteiger partial charge in [0.2, 0.25) is 0 Å². The molecule has 2 aromatic heterocycles. The van der Waals surface area contributed by atoms with E-state index < -0.39 is 0 Å². The maximum absolute atomic E-state index is 5.51. The van der Waals surface area contributed by atoms with Gasteiger partial charge >= 0.3 is 0 Å². The minimum absolute atomic E-state index is 0.775. The van der Waals surface area contributed by atoms with Crippen LogP contribution < -0.4 is 11.1 Å². The molecule has 0 radical (unpaired) electrons. The maximum atomic E-state index is 5.51. The van der Waals surface area contributed by atoms with Crippen LogP contribution in [0.3, 0.4) is 0 Å². The highest BCUT2D eigenvalue weighted by molar-refractivity contribution is 5.56. The van der Waals surface area contributed by atoms with Gasteiger partial charge in [-0.3, -0.25) is 0 Å². The number of anilines is 1. The highest BCUT2D eigenvalue weighted by Gasteiger charge is 2.11. The summed E-state index contributed by atoms with van der Waals surface area (Å²) in [7, 11) is 0. The molecule has 0 aliphatic carbocycles. The molecule has 5 heteroatoms. The number of unbranched alkanes of at least 4 members (excludes halogenated alkanes) is 2. The molecular weight excluding hydrogens is 250 g/mol. The van der Waals surface area contributed by atoms with Gasteiger partial charge in [-0.15, -0.1) is 0 Å². The predicted molar refractivity (Wildman–Crippen MR) is 83.2 cm³/mol. The van der Waals surface area contributed by atoms with Crippen molar-refractivity contribution >= 4 is 11.5 Å². The van der Waals surface area contributed by atoms with E-state index in [9.17, 15) is 0 Å². The van der Waals surface area contributed by atoms with E-state index in [2.05, 4.69) is 35.3 Å². The summed E-state index contributed by atoms with van der Waals surface area (Å²) in [4.78, 5) is 4.68. The summed E-state index contributed by atoms with van der Waals surface area (Å²) < 4.78 is 1.92. The SMILES string of the molecule is CCc1cc(NCCCCCN)n2nc(C)c(C)c2n1. The molecular formula is C15H25N5. The standard InChI is InChI=1S/C15H25N5/c1-4-13-10-14(17-9-7-5-6-8-16)20-15(18-13)11(2)12(3)19-20/h10,17H,4-9,16H2,1-3H3. The zero-order chi connectivity index (χ0) is 14.5. The second kappa shape index (κ2) is 6.70. The minimum Gasteiger partial charge on any atom is -0.370 e. The highest BCUT2D eigenvalue weighted by atomic mass is 15.3. The zero-order valence-electron chi connectivity index (χ0n) is 12.7. The Morgan fingerprint density at radius 2 is 2.05 bits per heavy atom. The van der Waals surface area contributed by atoms with Gasteiger partial charge in [0, 0.05) is 23.9 Å². The molecule has 0 aliphatic heterocycles. The first kappa shape index (κ1) is 14.8. The zero-order valence-corrected chi connectivity index (χ0v) is 12.7. The second-order valence-corrected chi connectivity index (χ2v) is 5.21. The molecule has 0 aliphatic rings. The van der Waals surface area contributed by atoms with E-state index >= 15 is 0 Å². The largest absolute Gasteiger partial charge is 0.370 e. The van der Waals surface area contributed by atoms with Gasteiger partial charge in [0.15, 0.2) is 5.65 Å². The number of fused-ring (bicyclic) bond motifs is 1. The van der Waals surface area contributed by atoms with Crippen molar-refractivity contribution in [2.45, 2.75) is 46.5 Å². The lowest BCUT2D eigenvalue weighted by Crippen LogP contribution is -2.09. The molecule has 0 spiro atoms. The van der Waals surface area contributed by atoms with Gasteiger partial charge in [-0.2, -0.15) is 9.61 Å². The van der Waals surface area contributed by atoms with Crippen LogP contribution in [-0.2, 0) is 6.42 Å². The van der Waals surface area contributed by atoms with Crippen LogP contribution >= 0.6 is 0 Å². The van der Waals surface area contributed by atoms with Crippen molar-refractivity contribution < 1.29 is 0 Å². The van der Waals surface area contributed by atoms with Crippen LogP contribution in [-0.4, -0.2) is 27.7 Å². The average Bonchev–Trinajstić information content (AvgIpc) is 2.74. The van der Waals surface area contributed by atoms with Gasteiger partial charge < -0.3 is 11.1 Å². The fraction of sp³-hybridized carbons (Fsp3) is 0.600. The molecule has 0 saturated carbocycles. The molecule has 2 rings (SSSR count). The Morgan fingerprint density at radius 1 is 1.25 bits per heavy atom. The fourth-order valence-corrected chi connectivity index (χ4v) is 2.25. The average molecular weight is 275 g/mol. The van der Waals surface area contributed by atoms with Crippen molar-refractivity contribution in [2.24, 2.45) is 5.73 Å². The third kappa shape index (κ3) is 3.10. The second-order valence-electron chi connectivity index (χ2n) is 5.21. The Balaban J connectivity index is 2.20. The Kier molecular flexibility index (Phi) is 4.95.